The van der Waals surface area contributed by atoms with Gasteiger partial charge in [-0.15, -0.1) is 0 Å². The van der Waals surface area contributed by atoms with E-state index in [1.54, 1.807) is 0 Å². The van der Waals surface area contributed by atoms with Crippen molar-refractivity contribution >= 4 is 17.9 Å². The van der Waals surface area contributed by atoms with E-state index in [4.69, 9.17) is 9.84 Å². The van der Waals surface area contributed by atoms with Gasteiger partial charge in [-0.2, -0.15) is 0 Å². The molecule has 146 valence electrons. The van der Waals surface area contributed by atoms with Crippen molar-refractivity contribution in [2.45, 2.75) is 12.3 Å². The van der Waals surface area contributed by atoms with E-state index in [9.17, 15) is 19.5 Å². The Balaban J connectivity index is 1.66. The molecule has 0 aromatic heterocycles. The minimum Gasteiger partial charge on any atom is -0.481 e. The number of carbonyl (C=O) groups excluding carboxylic acids is 1. The molecule has 7 nitrogen and oxygen atoms in total. The number of benzene rings is 2. The lowest BCUT2D eigenvalue weighted by atomic mass is 9.98. The van der Waals surface area contributed by atoms with Gasteiger partial charge in [0.15, 0.2) is 5.92 Å². The van der Waals surface area contributed by atoms with E-state index in [-0.39, 0.29) is 32.0 Å². The molecule has 1 aliphatic rings. The highest BCUT2D eigenvalue weighted by molar-refractivity contribution is 5.94. The van der Waals surface area contributed by atoms with Crippen LogP contribution in [0.2, 0.25) is 0 Å². The summed E-state index contributed by atoms with van der Waals surface area (Å²) >= 11 is 0. The average molecular weight is 383 g/mol. The van der Waals surface area contributed by atoms with Gasteiger partial charge in [0, 0.05) is 19.0 Å². The zero-order valence-electron chi connectivity index (χ0n) is 15.1. The van der Waals surface area contributed by atoms with Gasteiger partial charge in [0.1, 0.15) is 6.61 Å². The van der Waals surface area contributed by atoms with Gasteiger partial charge in [-0.25, -0.2) is 0 Å². The molecule has 0 aliphatic heterocycles. The van der Waals surface area contributed by atoms with Gasteiger partial charge in [0.2, 0.25) is 0 Å². The SMILES string of the molecule is O=C(O)CCNCC(C(=O)O)C(=O)OCC1c2ccccc2-c2ccccc21. The summed E-state index contributed by atoms with van der Waals surface area (Å²) in [5.41, 5.74) is 4.26. The highest BCUT2D eigenvalue weighted by Crippen LogP contribution is 2.44. The number of fused-ring (bicyclic) bond motifs is 3. The summed E-state index contributed by atoms with van der Waals surface area (Å²) < 4.78 is 5.37. The average Bonchev–Trinajstić information content (AvgIpc) is 2.99. The van der Waals surface area contributed by atoms with Crippen molar-refractivity contribution in [2.75, 3.05) is 19.7 Å². The van der Waals surface area contributed by atoms with Crippen molar-refractivity contribution in [3.05, 3.63) is 59.7 Å². The Morgan fingerprint density at radius 2 is 1.54 bits per heavy atom. The lowest BCUT2D eigenvalue weighted by Gasteiger charge is -2.17. The van der Waals surface area contributed by atoms with E-state index in [0.717, 1.165) is 22.3 Å². The zero-order valence-corrected chi connectivity index (χ0v) is 15.1. The van der Waals surface area contributed by atoms with Crippen LogP contribution in [-0.4, -0.2) is 47.8 Å². The Morgan fingerprint density at radius 1 is 0.964 bits per heavy atom. The normalized spacial score (nSPS) is 13.4. The van der Waals surface area contributed by atoms with Crippen LogP contribution in [0.15, 0.2) is 48.5 Å². The van der Waals surface area contributed by atoms with Crippen LogP contribution in [0.3, 0.4) is 0 Å². The number of rotatable bonds is 9. The van der Waals surface area contributed by atoms with Crippen molar-refractivity contribution < 1.29 is 29.3 Å². The number of hydrogen-bond donors (Lipinski definition) is 3. The van der Waals surface area contributed by atoms with E-state index in [2.05, 4.69) is 5.32 Å². The third-order valence-electron chi connectivity index (χ3n) is 4.80. The molecule has 0 heterocycles. The molecule has 2 aromatic carbocycles. The monoisotopic (exact) mass is 383 g/mol. The third kappa shape index (κ3) is 4.20. The van der Waals surface area contributed by atoms with E-state index < -0.39 is 23.8 Å². The number of ether oxygens (including phenoxy) is 1. The number of hydrogen-bond acceptors (Lipinski definition) is 5. The van der Waals surface area contributed by atoms with Crippen LogP contribution >= 0.6 is 0 Å². The molecule has 2 aromatic rings. The Bertz CT molecular complexity index is 848. The van der Waals surface area contributed by atoms with Gasteiger partial charge in [-0.3, -0.25) is 14.4 Å². The second kappa shape index (κ2) is 8.67. The van der Waals surface area contributed by atoms with Crippen molar-refractivity contribution in [1.29, 1.82) is 0 Å². The fourth-order valence-corrected chi connectivity index (χ4v) is 3.42. The molecule has 0 radical (unpaired) electrons. The fourth-order valence-electron chi connectivity index (χ4n) is 3.42. The zero-order chi connectivity index (χ0) is 20.1. The number of carboxylic acid groups (broad SMARTS) is 2. The Labute approximate surface area is 162 Å². The molecule has 1 atom stereocenters. The van der Waals surface area contributed by atoms with Crippen molar-refractivity contribution in [2.24, 2.45) is 5.92 Å². The second-order valence-corrected chi connectivity index (χ2v) is 6.60. The molecule has 1 aliphatic carbocycles. The standard InChI is InChI=1S/C21H21NO6/c23-19(24)9-10-22-11-17(20(25)26)21(27)28-12-18-15-7-3-1-5-13(15)14-6-2-4-8-16(14)18/h1-8,17-18,22H,9-12H2,(H,23,24)(H,25,26). The topological polar surface area (TPSA) is 113 Å². The highest BCUT2D eigenvalue weighted by atomic mass is 16.5. The van der Waals surface area contributed by atoms with Crippen LogP contribution in [-0.2, 0) is 19.1 Å². The van der Waals surface area contributed by atoms with Crippen LogP contribution in [0.5, 0.6) is 0 Å². The minimum atomic E-state index is -1.39. The van der Waals surface area contributed by atoms with Crippen LogP contribution in [0, 0.1) is 5.92 Å². The summed E-state index contributed by atoms with van der Waals surface area (Å²) in [6.45, 7) is -0.0547. The van der Waals surface area contributed by atoms with Gasteiger partial charge >= 0.3 is 17.9 Å². The molecule has 1 unspecified atom stereocenters. The lowest BCUT2D eigenvalue weighted by Crippen LogP contribution is -2.36. The summed E-state index contributed by atoms with van der Waals surface area (Å²) in [7, 11) is 0. The summed E-state index contributed by atoms with van der Waals surface area (Å²) in [4.78, 5) is 34.3. The molecular formula is C21H21NO6. The van der Waals surface area contributed by atoms with Crippen LogP contribution < -0.4 is 5.32 Å². The Kier molecular flexibility index (Phi) is 6.06. The Hall–Kier alpha value is -3.19. The van der Waals surface area contributed by atoms with Crippen LogP contribution in [0.4, 0.5) is 0 Å². The molecule has 7 heteroatoms. The maximum atomic E-state index is 12.3. The van der Waals surface area contributed by atoms with Crippen molar-refractivity contribution in [1.82, 2.24) is 5.32 Å². The summed E-state index contributed by atoms with van der Waals surface area (Å²) in [6.07, 6.45) is -0.156. The molecule has 0 bridgehead atoms. The Morgan fingerprint density at radius 3 is 2.07 bits per heavy atom. The van der Waals surface area contributed by atoms with E-state index in [0.29, 0.717) is 0 Å². The molecule has 28 heavy (non-hydrogen) atoms. The molecule has 3 rings (SSSR count). The van der Waals surface area contributed by atoms with Crippen LogP contribution in [0.25, 0.3) is 11.1 Å². The first-order valence-corrected chi connectivity index (χ1v) is 8.99. The van der Waals surface area contributed by atoms with E-state index in [1.807, 2.05) is 48.5 Å². The highest BCUT2D eigenvalue weighted by Gasteiger charge is 2.32. The lowest BCUT2D eigenvalue weighted by molar-refractivity contribution is -0.158. The molecule has 0 fully saturated rings. The molecular weight excluding hydrogens is 362 g/mol. The van der Waals surface area contributed by atoms with Gasteiger partial charge < -0.3 is 20.3 Å². The van der Waals surface area contributed by atoms with Crippen molar-refractivity contribution in [3.8, 4) is 11.1 Å². The van der Waals surface area contributed by atoms with Gasteiger partial charge in [0.05, 0.1) is 6.42 Å². The number of esters is 1. The maximum Gasteiger partial charge on any atom is 0.321 e. The predicted octanol–water partition coefficient (Wildman–Crippen LogP) is 2.11. The van der Waals surface area contributed by atoms with E-state index in [1.165, 1.54) is 0 Å². The first-order valence-electron chi connectivity index (χ1n) is 8.99. The number of carboxylic acids is 2. The van der Waals surface area contributed by atoms with Gasteiger partial charge in [-0.05, 0) is 22.3 Å². The van der Waals surface area contributed by atoms with Crippen molar-refractivity contribution in [3.63, 3.8) is 0 Å². The molecule has 3 N–H and O–H groups in total. The van der Waals surface area contributed by atoms with Gasteiger partial charge in [-0.1, -0.05) is 48.5 Å². The number of nitrogens with one attached hydrogen (secondary N) is 1. The largest absolute Gasteiger partial charge is 0.481 e. The minimum absolute atomic E-state index is 0.0474. The summed E-state index contributed by atoms with van der Waals surface area (Å²) in [6, 6.07) is 15.7. The first kappa shape index (κ1) is 19.6. The summed E-state index contributed by atoms with van der Waals surface area (Å²) in [5.74, 6) is -4.68. The maximum absolute atomic E-state index is 12.3. The van der Waals surface area contributed by atoms with Crippen LogP contribution in [0.1, 0.15) is 23.5 Å². The molecule has 0 saturated carbocycles. The molecule has 0 saturated heterocycles. The second-order valence-electron chi connectivity index (χ2n) is 6.60. The molecule has 0 spiro atoms. The van der Waals surface area contributed by atoms with Gasteiger partial charge in [0.25, 0.3) is 0 Å². The first-order chi connectivity index (χ1) is 13.5. The predicted molar refractivity (Wildman–Crippen MR) is 101 cm³/mol. The number of aliphatic carboxylic acids is 2. The van der Waals surface area contributed by atoms with E-state index >= 15 is 0 Å². The quantitative estimate of drug-likeness (QED) is 0.345. The molecule has 0 amide bonds. The fraction of sp³-hybridized carbons (Fsp3) is 0.286. The number of carbonyl (C=O) groups is 3. The summed E-state index contributed by atoms with van der Waals surface area (Å²) in [5, 5.41) is 20.6. The third-order valence-corrected chi connectivity index (χ3v) is 4.80. The smallest absolute Gasteiger partial charge is 0.321 e.